The Labute approximate surface area is 181 Å². The zero-order valence-electron chi connectivity index (χ0n) is 15.9. The Morgan fingerprint density at radius 2 is 1.86 bits per heavy atom. The summed E-state index contributed by atoms with van der Waals surface area (Å²) < 4.78 is 19.7. The molecular formula is C21H25FIN3O2. The van der Waals surface area contributed by atoms with Crippen molar-refractivity contribution in [3.63, 3.8) is 0 Å². The lowest BCUT2D eigenvalue weighted by Crippen LogP contribution is -2.39. The molecule has 0 amide bonds. The number of guanidine groups is 1. The predicted molar refractivity (Wildman–Crippen MR) is 121 cm³/mol. The summed E-state index contributed by atoms with van der Waals surface area (Å²) in [5.74, 6) is 0.905. The van der Waals surface area contributed by atoms with Gasteiger partial charge in [0.2, 0.25) is 0 Å². The smallest absolute Gasteiger partial charge is 0.191 e. The minimum absolute atomic E-state index is 0. The van der Waals surface area contributed by atoms with Gasteiger partial charge in [-0.25, -0.2) is 9.38 Å². The van der Waals surface area contributed by atoms with Gasteiger partial charge in [-0.15, -0.1) is 24.0 Å². The summed E-state index contributed by atoms with van der Waals surface area (Å²) in [5, 5.41) is 17.5. The lowest BCUT2D eigenvalue weighted by Gasteiger charge is -2.16. The third kappa shape index (κ3) is 5.23. The average Bonchev–Trinajstić information content (AvgIpc) is 3.00. The van der Waals surface area contributed by atoms with Crippen molar-refractivity contribution >= 4 is 40.9 Å². The predicted octanol–water partition coefficient (Wildman–Crippen LogP) is 4.29. The standard InChI is InChI=1S/C21H24FN3O2.HI/c1-3-23-21(24-12-18(26)16-9-4-6-10-17(16)22)25-13-20-14(2)15-8-5-7-11-19(15)27-20;/h4-11,18,26H,3,12-13H2,1-2H3,(H2,23,24,25);1H. The number of halogens is 2. The van der Waals surface area contributed by atoms with Gasteiger partial charge in [-0.05, 0) is 26.0 Å². The summed E-state index contributed by atoms with van der Waals surface area (Å²) in [6.45, 7) is 5.15. The highest BCUT2D eigenvalue weighted by atomic mass is 127. The second-order valence-corrected chi connectivity index (χ2v) is 6.26. The number of nitrogens with one attached hydrogen (secondary N) is 2. The first-order chi connectivity index (χ1) is 13.1. The minimum Gasteiger partial charge on any atom is -0.459 e. The van der Waals surface area contributed by atoms with E-state index in [4.69, 9.17) is 4.42 Å². The number of rotatable bonds is 6. The van der Waals surface area contributed by atoms with Crippen LogP contribution in [0, 0.1) is 12.7 Å². The first kappa shape index (κ1) is 22.2. The van der Waals surface area contributed by atoms with E-state index in [1.807, 2.05) is 38.1 Å². The van der Waals surface area contributed by atoms with Gasteiger partial charge in [-0.3, -0.25) is 0 Å². The van der Waals surface area contributed by atoms with Gasteiger partial charge in [0.05, 0.1) is 6.10 Å². The number of hydrogen-bond acceptors (Lipinski definition) is 3. The number of furan rings is 1. The number of aliphatic hydroxyl groups is 1. The molecule has 0 radical (unpaired) electrons. The summed E-state index contributed by atoms with van der Waals surface area (Å²) in [6.07, 6.45) is -0.969. The van der Waals surface area contributed by atoms with Gasteiger partial charge in [-0.2, -0.15) is 0 Å². The molecule has 0 aliphatic rings. The van der Waals surface area contributed by atoms with E-state index in [1.165, 1.54) is 6.07 Å². The molecule has 1 unspecified atom stereocenters. The molecule has 5 nitrogen and oxygen atoms in total. The second kappa shape index (κ2) is 10.4. The maximum absolute atomic E-state index is 13.8. The lowest BCUT2D eigenvalue weighted by molar-refractivity contribution is 0.176. The van der Waals surface area contributed by atoms with Crippen molar-refractivity contribution in [1.29, 1.82) is 0 Å². The maximum Gasteiger partial charge on any atom is 0.191 e. The van der Waals surface area contributed by atoms with Crippen LogP contribution in [0.15, 0.2) is 57.9 Å². The first-order valence-electron chi connectivity index (χ1n) is 9.01. The van der Waals surface area contributed by atoms with Gasteiger partial charge in [0.1, 0.15) is 23.7 Å². The molecule has 0 bridgehead atoms. The zero-order valence-corrected chi connectivity index (χ0v) is 18.2. The van der Waals surface area contributed by atoms with Crippen LogP contribution < -0.4 is 10.6 Å². The Morgan fingerprint density at radius 3 is 2.57 bits per heavy atom. The highest BCUT2D eigenvalue weighted by molar-refractivity contribution is 14.0. The molecule has 150 valence electrons. The molecule has 1 atom stereocenters. The van der Waals surface area contributed by atoms with Crippen LogP contribution in [0.2, 0.25) is 0 Å². The third-order valence-corrected chi connectivity index (χ3v) is 4.39. The average molecular weight is 497 g/mol. The fourth-order valence-corrected chi connectivity index (χ4v) is 2.92. The van der Waals surface area contributed by atoms with Crippen molar-refractivity contribution in [1.82, 2.24) is 10.6 Å². The number of hydrogen-bond donors (Lipinski definition) is 3. The van der Waals surface area contributed by atoms with Crippen molar-refractivity contribution in [2.45, 2.75) is 26.5 Å². The van der Waals surface area contributed by atoms with E-state index in [1.54, 1.807) is 18.2 Å². The SMILES string of the molecule is CCNC(=NCc1oc2ccccc2c1C)NCC(O)c1ccccc1F.I. The maximum atomic E-state index is 13.8. The summed E-state index contributed by atoms with van der Waals surface area (Å²) in [6, 6.07) is 14.1. The van der Waals surface area contributed by atoms with Gasteiger partial charge in [0.25, 0.3) is 0 Å². The molecule has 1 heterocycles. The molecular weight excluding hydrogens is 472 g/mol. The Bertz CT molecular complexity index is 942. The van der Waals surface area contributed by atoms with Crippen molar-refractivity contribution in [3.05, 3.63) is 71.2 Å². The van der Waals surface area contributed by atoms with E-state index >= 15 is 0 Å². The molecule has 0 aliphatic carbocycles. The number of aliphatic imine (C=N–C) groups is 1. The molecule has 7 heteroatoms. The van der Waals surface area contributed by atoms with E-state index in [9.17, 15) is 9.50 Å². The molecule has 3 rings (SSSR count). The molecule has 0 saturated carbocycles. The number of para-hydroxylation sites is 1. The fraction of sp³-hybridized carbons (Fsp3) is 0.286. The van der Waals surface area contributed by atoms with E-state index < -0.39 is 11.9 Å². The molecule has 3 aromatic rings. The molecule has 2 aromatic carbocycles. The molecule has 0 aliphatic heterocycles. The normalized spacial score (nSPS) is 12.5. The first-order valence-corrected chi connectivity index (χ1v) is 9.01. The van der Waals surface area contributed by atoms with E-state index in [-0.39, 0.29) is 36.1 Å². The molecule has 0 spiro atoms. The van der Waals surface area contributed by atoms with Gasteiger partial charge in [-0.1, -0.05) is 36.4 Å². The van der Waals surface area contributed by atoms with Crippen LogP contribution in [0.3, 0.4) is 0 Å². The number of aryl methyl sites for hydroxylation is 1. The van der Waals surface area contributed by atoms with Crippen molar-refractivity contribution in [2.75, 3.05) is 13.1 Å². The Balaban J connectivity index is 0.00000280. The van der Waals surface area contributed by atoms with Crippen molar-refractivity contribution in [2.24, 2.45) is 4.99 Å². The highest BCUT2D eigenvalue weighted by Crippen LogP contribution is 2.25. The summed E-state index contributed by atoms with van der Waals surface area (Å²) in [5.41, 5.74) is 2.17. The van der Waals surface area contributed by atoms with Crippen molar-refractivity contribution < 1.29 is 13.9 Å². The Morgan fingerprint density at radius 1 is 1.14 bits per heavy atom. The van der Waals surface area contributed by atoms with Crippen molar-refractivity contribution in [3.8, 4) is 0 Å². The van der Waals surface area contributed by atoms with Crippen LogP contribution in [-0.4, -0.2) is 24.2 Å². The van der Waals surface area contributed by atoms with Crippen LogP contribution in [-0.2, 0) is 6.54 Å². The molecule has 0 saturated heterocycles. The number of fused-ring (bicyclic) bond motifs is 1. The van der Waals surface area contributed by atoms with Crippen LogP contribution in [0.5, 0.6) is 0 Å². The van der Waals surface area contributed by atoms with Gasteiger partial charge >= 0.3 is 0 Å². The number of benzene rings is 2. The summed E-state index contributed by atoms with van der Waals surface area (Å²) >= 11 is 0. The lowest BCUT2D eigenvalue weighted by atomic mass is 10.1. The van der Waals surface area contributed by atoms with Crippen LogP contribution >= 0.6 is 24.0 Å². The molecule has 1 aromatic heterocycles. The largest absolute Gasteiger partial charge is 0.459 e. The Kier molecular flexibility index (Phi) is 8.25. The summed E-state index contributed by atoms with van der Waals surface area (Å²) in [4.78, 5) is 4.52. The van der Waals surface area contributed by atoms with Crippen LogP contribution in [0.1, 0.15) is 29.9 Å². The summed E-state index contributed by atoms with van der Waals surface area (Å²) in [7, 11) is 0. The van der Waals surface area contributed by atoms with Gasteiger partial charge < -0.3 is 20.2 Å². The second-order valence-electron chi connectivity index (χ2n) is 6.26. The Hall–Kier alpha value is -2.13. The van der Waals surface area contributed by atoms with Gasteiger partial charge in [0.15, 0.2) is 5.96 Å². The van der Waals surface area contributed by atoms with E-state index in [0.717, 1.165) is 22.3 Å². The quantitative estimate of drug-likeness (QED) is 0.270. The zero-order chi connectivity index (χ0) is 19.2. The number of aliphatic hydroxyl groups excluding tert-OH is 1. The third-order valence-electron chi connectivity index (χ3n) is 4.39. The monoisotopic (exact) mass is 497 g/mol. The minimum atomic E-state index is -0.969. The van der Waals surface area contributed by atoms with E-state index in [2.05, 4.69) is 15.6 Å². The fourth-order valence-electron chi connectivity index (χ4n) is 2.92. The highest BCUT2D eigenvalue weighted by Gasteiger charge is 2.13. The molecule has 3 N–H and O–H groups in total. The van der Waals surface area contributed by atoms with Crippen LogP contribution in [0.25, 0.3) is 11.0 Å². The van der Waals surface area contributed by atoms with Crippen LogP contribution in [0.4, 0.5) is 4.39 Å². The molecule has 0 fully saturated rings. The van der Waals surface area contributed by atoms with Gasteiger partial charge in [0, 0.05) is 29.6 Å². The van der Waals surface area contributed by atoms with E-state index in [0.29, 0.717) is 19.0 Å². The topological polar surface area (TPSA) is 69.8 Å². The molecule has 28 heavy (non-hydrogen) atoms. The number of nitrogens with zero attached hydrogens (tertiary/aromatic N) is 1.